The van der Waals surface area contributed by atoms with Crippen LogP contribution in [0.25, 0.3) is 10.2 Å². The molecule has 0 bridgehead atoms. The van der Waals surface area contributed by atoms with Gasteiger partial charge in [0, 0.05) is 18.8 Å². The number of amides is 1. The molecular weight excluding hydrogens is 368 g/mol. The Morgan fingerprint density at radius 1 is 1.11 bits per heavy atom. The number of thiophene rings is 1. The van der Waals surface area contributed by atoms with Crippen molar-refractivity contribution in [3.05, 3.63) is 46.1 Å². The van der Waals surface area contributed by atoms with E-state index >= 15 is 0 Å². The molecule has 4 rings (SSSR count). The van der Waals surface area contributed by atoms with Crippen molar-refractivity contribution in [1.82, 2.24) is 9.97 Å². The van der Waals surface area contributed by atoms with E-state index in [0.717, 1.165) is 52.6 Å². The summed E-state index contributed by atoms with van der Waals surface area (Å²) in [6.45, 7) is 8.10. The third-order valence-corrected chi connectivity index (χ3v) is 6.55. The molecule has 1 amide bonds. The lowest BCUT2D eigenvalue weighted by molar-refractivity contribution is 0.103. The second-order valence-electron chi connectivity index (χ2n) is 7.38. The molecule has 6 heteroatoms. The molecule has 2 aromatic heterocycles. The van der Waals surface area contributed by atoms with Gasteiger partial charge in [0.2, 0.25) is 0 Å². The number of piperidine rings is 1. The summed E-state index contributed by atoms with van der Waals surface area (Å²) in [6.07, 6.45) is 4.64. The Morgan fingerprint density at radius 3 is 2.50 bits per heavy atom. The fraction of sp³-hybridized carbons (Fsp3) is 0.409. The van der Waals surface area contributed by atoms with Crippen molar-refractivity contribution >= 4 is 39.0 Å². The van der Waals surface area contributed by atoms with Gasteiger partial charge in [0.05, 0.1) is 10.3 Å². The maximum absolute atomic E-state index is 13.0. The summed E-state index contributed by atoms with van der Waals surface area (Å²) in [5, 5.41) is 4.07. The normalized spacial score (nSPS) is 14.5. The summed E-state index contributed by atoms with van der Waals surface area (Å²) in [5.41, 5.74) is 3.05. The zero-order valence-corrected chi connectivity index (χ0v) is 17.5. The zero-order valence-electron chi connectivity index (χ0n) is 16.7. The monoisotopic (exact) mass is 394 g/mol. The largest absolute Gasteiger partial charge is 0.356 e. The van der Waals surface area contributed by atoms with Crippen LogP contribution in [-0.2, 0) is 6.42 Å². The molecule has 3 aromatic rings. The summed E-state index contributed by atoms with van der Waals surface area (Å²) in [4.78, 5) is 26.3. The van der Waals surface area contributed by atoms with Crippen LogP contribution in [0.3, 0.4) is 0 Å². The van der Waals surface area contributed by atoms with Gasteiger partial charge in [-0.2, -0.15) is 0 Å². The lowest BCUT2D eigenvalue weighted by atomic mass is 10.1. The molecule has 0 unspecified atom stereocenters. The molecule has 1 aliphatic rings. The number of hydrogen-bond acceptors (Lipinski definition) is 5. The summed E-state index contributed by atoms with van der Waals surface area (Å²) >= 11 is 1.46. The van der Waals surface area contributed by atoms with Gasteiger partial charge in [-0.3, -0.25) is 4.79 Å². The summed E-state index contributed by atoms with van der Waals surface area (Å²) in [6, 6.07) is 8.03. The molecule has 1 saturated heterocycles. The van der Waals surface area contributed by atoms with E-state index in [4.69, 9.17) is 4.98 Å². The van der Waals surface area contributed by atoms with E-state index in [1.165, 1.54) is 36.2 Å². The van der Waals surface area contributed by atoms with Gasteiger partial charge in [0.15, 0.2) is 0 Å². The molecule has 0 saturated carbocycles. The summed E-state index contributed by atoms with van der Waals surface area (Å²) in [5.74, 6) is 1.67. The molecule has 146 valence electrons. The van der Waals surface area contributed by atoms with Crippen LogP contribution in [0.4, 0.5) is 11.5 Å². The first kappa shape index (κ1) is 18.9. The molecule has 0 radical (unpaired) electrons. The molecular formula is C22H26N4OS. The number of fused-ring (bicyclic) bond motifs is 1. The van der Waals surface area contributed by atoms with E-state index in [1.54, 1.807) is 0 Å². The first-order valence-corrected chi connectivity index (χ1v) is 10.8. The van der Waals surface area contributed by atoms with E-state index in [1.807, 2.05) is 26.0 Å². The number of carbonyl (C=O) groups excluding carboxylic acids is 1. The maximum atomic E-state index is 13.0. The molecule has 1 N–H and O–H groups in total. The highest BCUT2D eigenvalue weighted by atomic mass is 32.1. The third kappa shape index (κ3) is 3.61. The van der Waals surface area contributed by atoms with Gasteiger partial charge in [0.25, 0.3) is 5.91 Å². The van der Waals surface area contributed by atoms with Crippen LogP contribution in [0.1, 0.15) is 52.8 Å². The number of nitrogens with one attached hydrogen (secondary N) is 1. The molecule has 1 aromatic carbocycles. The van der Waals surface area contributed by atoms with Crippen molar-refractivity contribution in [3.8, 4) is 0 Å². The van der Waals surface area contributed by atoms with Crippen LogP contribution in [0.5, 0.6) is 0 Å². The number of aryl methyl sites for hydroxylation is 3. The Bertz CT molecular complexity index is 1000. The predicted octanol–water partition coefficient (Wildman–Crippen LogP) is 5.11. The minimum atomic E-state index is -0.0769. The van der Waals surface area contributed by atoms with E-state index in [9.17, 15) is 4.79 Å². The number of nitrogens with zero attached hydrogens (tertiary/aromatic N) is 3. The van der Waals surface area contributed by atoms with E-state index in [2.05, 4.69) is 34.3 Å². The summed E-state index contributed by atoms with van der Waals surface area (Å²) in [7, 11) is 0. The number of anilines is 2. The third-order valence-electron chi connectivity index (χ3n) is 5.36. The van der Waals surface area contributed by atoms with Crippen LogP contribution in [0.2, 0.25) is 0 Å². The van der Waals surface area contributed by atoms with Crippen molar-refractivity contribution in [2.24, 2.45) is 0 Å². The van der Waals surface area contributed by atoms with Crippen molar-refractivity contribution < 1.29 is 4.79 Å². The molecule has 0 atom stereocenters. The highest BCUT2D eigenvalue weighted by molar-refractivity contribution is 7.20. The average molecular weight is 395 g/mol. The summed E-state index contributed by atoms with van der Waals surface area (Å²) < 4.78 is 0. The Balaban J connectivity index is 1.69. The molecule has 3 heterocycles. The van der Waals surface area contributed by atoms with Gasteiger partial charge in [-0.25, -0.2) is 9.97 Å². The molecule has 28 heavy (non-hydrogen) atoms. The van der Waals surface area contributed by atoms with E-state index in [-0.39, 0.29) is 5.91 Å². The van der Waals surface area contributed by atoms with Gasteiger partial charge >= 0.3 is 0 Å². The SMILES string of the molecule is CCc1ccc(NC(=O)c2sc3nc(C)nc(N4CCCCC4)c3c2C)cc1. The lowest BCUT2D eigenvalue weighted by Gasteiger charge is -2.28. The van der Waals surface area contributed by atoms with Gasteiger partial charge in [0.1, 0.15) is 16.5 Å². The van der Waals surface area contributed by atoms with E-state index < -0.39 is 0 Å². The Labute approximate surface area is 169 Å². The number of hydrogen-bond donors (Lipinski definition) is 1. The highest BCUT2D eigenvalue weighted by Gasteiger charge is 2.23. The minimum Gasteiger partial charge on any atom is -0.356 e. The molecule has 5 nitrogen and oxygen atoms in total. The lowest BCUT2D eigenvalue weighted by Crippen LogP contribution is -2.30. The minimum absolute atomic E-state index is 0.0769. The predicted molar refractivity (Wildman–Crippen MR) is 117 cm³/mol. The van der Waals surface area contributed by atoms with Crippen LogP contribution in [0.15, 0.2) is 24.3 Å². The van der Waals surface area contributed by atoms with Crippen LogP contribution in [0, 0.1) is 13.8 Å². The smallest absolute Gasteiger partial charge is 0.266 e. The fourth-order valence-corrected chi connectivity index (χ4v) is 4.90. The van der Waals surface area contributed by atoms with Crippen LogP contribution in [-0.4, -0.2) is 29.0 Å². The van der Waals surface area contributed by atoms with Crippen molar-refractivity contribution in [3.63, 3.8) is 0 Å². The van der Waals surface area contributed by atoms with Gasteiger partial charge in [-0.1, -0.05) is 19.1 Å². The maximum Gasteiger partial charge on any atom is 0.266 e. The number of benzene rings is 1. The topological polar surface area (TPSA) is 58.1 Å². The molecule has 1 aliphatic heterocycles. The van der Waals surface area contributed by atoms with Crippen molar-refractivity contribution in [2.45, 2.75) is 46.5 Å². The molecule has 0 spiro atoms. The number of rotatable bonds is 4. The Kier molecular flexibility index (Phi) is 5.31. The molecule has 0 aliphatic carbocycles. The highest BCUT2D eigenvalue weighted by Crippen LogP contribution is 2.36. The Morgan fingerprint density at radius 2 is 1.82 bits per heavy atom. The second-order valence-corrected chi connectivity index (χ2v) is 8.38. The zero-order chi connectivity index (χ0) is 19.7. The van der Waals surface area contributed by atoms with Gasteiger partial charge in [-0.05, 0) is 62.8 Å². The Hall–Kier alpha value is -2.47. The molecule has 1 fully saturated rings. The quantitative estimate of drug-likeness (QED) is 0.668. The fourth-order valence-electron chi connectivity index (χ4n) is 3.78. The second kappa shape index (κ2) is 7.87. The van der Waals surface area contributed by atoms with Crippen molar-refractivity contribution in [2.75, 3.05) is 23.3 Å². The number of aromatic nitrogens is 2. The van der Waals surface area contributed by atoms with Crippen molar-refractivity contribution in [1.29, 1.82) is 0 Å². The van der Waals surface area contributed by atoms with E-state index in [0.29, 0.717) is 4.88 Å². The standard InChI is InChI=1S/C22H26N4OS/c1-4-16-8-10-17(11-9-16)25-21(27)19-14(2)18-20(26-12-6-5-7-13-26)23-15(3)24-22(18)28-19/h8-11H,4-7,12-13H2,1-3H3,(H,25,27). The first-order chi connectivity index (χ1) is 13.6. The number of carbonyl (C=O) groups is 1. The first-order valence-electron chi connectivity index (χ1n) is 9.99. The van der Waals surface area contributed by atoms with Gasteiger partial charge < -0.3 is 10.2 Å². The van der Waals surface area contributed by atoms with Crippen LogP contribution >= 0.6 is 11.3 Å². The average Bonchev–Trinajstić information content (AvgIpc) is 3.05. The van der Waals surface area contributed by atoms with Gasteiger partial charge in [-0.15, -0.1) is 11.3 Å². The van der Waals surface area contributed by atoms with Crippen LogP contribution < -0.4 is 10.2 Å².